The number of rotatable bonds is 1. The number of hydrogen-bond acceptors (Lipinski definition) is 2. The molecule has 0 aromatic carbocycles. The Bertz CT molecular complexity index is 651. The second-order valence-electron chi connectivity index (χ2n) is 8.86. The number of methoxy groups -OCH3 is 1. The van der Waals surface area contributed by atoms with Gasteiger partial charge in [-0.3, -0.25) is 0 Å². The van der Waals surface area contributed by atoms with E-state index in [1.807, 2.05) is 0 Å². The number of ether oxygens (including phenoxy) is 1. The summed E-state index contributed by atoms with van der Waals surface area (Å²) in [5.74, 6) is 6.53. The maximum Gasteiger partial charge on any atom is 0.130 e. The number of allylic oxidation sites excluding steroid dienone is 3. The highest BCUT2D eigenvalue weighted by Gasteiger charge is 2.62. The molecule has 0 aromatic heterocycles. The van der Waals surface area contributed by atoms with Crippen molar-refractivity contribution in [3.63, 3.8) is 0 Å². The fraction of sp³-hybridized carbons (Fsp3) is 0.727. The lowest BCUT2D eigenvalue weighted by atomic mass is 9.50. The van der Waals surface area contributed by atoms with Gasteiger partial charge >= 0.3 is 0 Å². The molecule has 4 aliphatic rings. The predicted octanol–water partition coefficient (Wildman–Crippen LogP) is 4.45. The molecule has 0 spiro atoms. The zero-order chi connectivity index (χ0) is 17.1. The Morgan fingerprint density at radius 3 is 2.83 bits per heavy atom. The van der Waals surface area contributed by atoms with Crippen LogP contribution in [0.3, 0.4) is 0 Å². The summed E-state index contributed by atoms with van der Waals surface area (Å²) >= 11 is 0. The van der Waals surface area contributed by atoms with Crippen LogP contribution in [0.15, 0.2) is 23.0 Å². The van der Waals surface area contributed by atoms with Gasteiger partial charge in [0.15, 0.2) is 0 Å². The second-order valence-corrected chi connectivity index (χ2v) is 8.86. The first kappa shape index (κ1) is 16.3. The SMILES string of the molecule is C#C[C@]1(O)CCC2C3C(C)CC4=C(CC=C(OC)C4)C3CC[C@@]21C. The molecule has 4 rings (SSSR count). The Hall–Kier alpha value is -1.20. The largest absolute Gasteiger partial charge is 0.501 e. The Morgan fingerprint density at radius 1 is 1.33 bits per heavy atom. The molecule has 0 saturated heterocycles. The lowest BCUT2D eigenvalue weighted by molar-refractivity contribution is -0.0803. The van der Waals surface area contributed by atoms with Gasteiger partial charge < -0.3 is 9.84 Å². The van der Waals surface area contributed by atoms with Crippen molar-refractivity contribution in [1.29, 1.82) is 0 Å². The van der Waals surface area contributed by atoms with Crippen LogP contribution in [-0.4, -0.2) is 17.8 Å². The van der Waals surface area contributed by atoms with Gasteiger partial charge in [0.1, 0.15) is 5.60 Å². The summed E-state index contributed by atoms with van der Waals surface area (Å²) in [5.41, 5.74) is 2.33. The summed E-state index contributed by atoms with van der Waals surface area (Å²) in [6.07, 6.45) is 15.4. The fourth-order valence-electron chi connectivity index (χ4n) is 6.71. The summed E-state index contributed by atoms with van der Waals surface area (Å²) in [4.78, 5) is 0. The number of hydrogen-bond donors (Lipinski definition) is 1. The molecular weight excluding hydrogens is 296 g/mol. The van der Waals surface area contributed by atoms with Crippen LogP contribution >= 0.6 is 0 Å². The van der Waals surface area contributed by atoms with Crippen LogP contribution in [0.1, 0.15) is 58.8 Å². The monoisotopic (exact) mass is 326 g/mol. The van der Waals surface area contributed by atoms with Crippen molar-refractivity contribution < 1.29 is 9.84 Å². The van der Waals surface area contributed by atoms with Crippen molar-refractivity contribution in [2.75, 3.05) is 7.11 Å². The molecule has 4 unspecified atom stereocenters. The predicted molar refractivity (Wildman–Crippen MR) is 96.0 cm³/mol. The van der Waals surface area contributed by atoms with E-state index in [1.54, 1.807) is 18.3 Å². The molecule has 0 bridgehead atoms. The molecule has 0 aliphatic heterocycles. The fourth-order valence-corrected chi connectivity index (χ4v) is 6.71. The third-order valence-corrected chi connectivity index (χ3v) is 8.05. The summed E-state index contributed by atoms with van der Waals surface area (Å²) in [7, 11) is 1.79. The van der Waals surface area contributed by atoms with E-state index in [9.17, 15) is 5.11 Å². The number of aliphatic hydroxyl groups is 1. The highest BCUT2D eigenvalue weighted by molar-refractivity contribution is 5.34. The molecule has 0 amide bonds. The molecule has 0 heterocycles. The minimum absolute atomic E-state index is 0.0998. The van der Waals surface area contributed by atoms with E-state index in [-0.39, 0.29) is 5.41 Å². The topological polar surface area (TPSA) is 29.5 Å². The molecule has 0 aromatic rings. The van der Waals surface area contributed by atoms with E-state index in [4.69, 9.17) is 11.2 Å². The maximum absolute atomic E-state index is 11.1. The molecule has 2 fully saturated rings. The molecule has 130 valence electrons. The second kappa shape index (κ2) is 5.40. The molecule has 6 atom stereocenters. The third kappa shape index (κ3) is 2.00. The van der Waals surface area contributed by atoms with Crippen LogP contribution in [0.5, 0.6) is 0 Å². The molecule has 1 N–H and O–H groups in total. The van der Waals surface area contributed by atoms with Crippen molar-refractivity contribution in [2.45, 2.75) is 64.4 Å². The normalized spacial score (nSPS) is 47.2. The van der Waals surface area contributed by atoms with Crippen LogP contribution in [0, 0.1) is 41.4 Å². The van der Waals surface area contributed by atoms with E-state index in [0.717, 1.165) is 37.9 Å². The van der Waals surface area contributed by atoms with Crippen molar-refractivity contribution in [3.8, 4) is 12.3 Å². The van der Waals surface area contributed by atoms with Crippen LogP contribution < -0.4 is 0 Å². The van der Waals surface area contributed by atoms with Gasteiger partial charge in [0.2, 0.25) is 0 Å². The van der Waals surface area contributed by atoms with E-state index in [2.05, 4.69) is 25.8 Å². The third-order valence-electron chi connectivity index (χ3n) is 8.05. The van der Waals surface area contributed by atoms with Gasteiger partial charge in [-0.1, -0.05) is 30.9 Å². The lowest BCUT2D eigenvalue weighted by Crippen LogP contribution is -2.52. The van der Waals surface area contributed by atoms with Crippen LogP contribution in [-0.2, 0) is 4.74 Å². The lowest BCUT2D eigenvalue weighted by Gasteiger charge is -2.55. The number of terminal acetylenes is 1. The molecule has 2 nitrogen and oxygen atoms in total. The Labute approximate surface area is 146 Å². The van der Waals surface area contributed by atoms with Gasteiger partial charge in [-0.15, -0.1) is 6.42 Å². The zero-order valence-corrected chi connectivity index (χ0v) is 15.3. The van der Waals surface area contributed by atoms with Gasteiger partial charge in [0.25, 0.3) is 0 Å². The van der Waals surface area contributed by atoms with Crippen LogP contribution in [0.25, 0.3) is 0 Å². The van der Waals surface area contributed by atoms with Gasteiger partial charge in [-0.05, 0) is 68.3 Å². The van der Waals surface area contributed by atoms with Crippen molar-refractivity contribution in [2.24, 2.45) is 29.1 Å². The first-order valence-corrected chi connectivity index (χ1v) is 9.57. The van der Waals surface area contributed by atoms with Gasteiger partial charge in [-0.25, -0.2) is 0 Å². The van der Waals surface area contributed by atoms with E-state index >= 15 is 0 Å². The highest BCUT2D eigenvalue weighted by Crippen LogP contribution is 2.65. The first-order chi connectivity index (χ1) is 11.4. The quantitative estimate of drug-likeness (QED) is 0.570. The van der Waals surface area contributed by atoms with Crippen LogP contribution in [0.2, 0.25) is 0 Å². The van der Waals surface area contributed by atoms with E-state index < -0.39 is 5.60 Å². The van der Waals surface area contributed by atoms with Gasteiger partial charge in [-0.2, -0.15) is 0 Å². The average Bonchev–Trinajstić information content (AvgIpc) is 2.86. The summed E-state index contributed by atoms with van der Waals surface area (Å²) in [5, 5.41) is 11.1. The molecule has 2 heteroatoms. The summed E-state index contributed by atoms with van der Waals surface area (Å²) in [6.45, 7) is 4.69. The zero-order valence-electron chi connectivity index (χ0n) is 15.3. The first-order valence-electron chi connectivity index (χ1n) is 9.57. The Balaban J connectivity index is 1.68. The summed E-state index contributed by atoms with van der Waals surface area (Å²) < 4.78 is 5.51. The number of fused-ring (bicyclic) bond motifs is 4. The standard InChI is InChI=1S/C22H30O2/c1-5-22(23)11-9-19-20-14(2)12-15-13-16(24-4)6-7-17(15)18(20)8-10-21(19,22)3/h1,6,14,18-20,23H,7-13H2,2-4H3/t14?,18?,19?,20?,21-,22-/m0/s1. The van der Waals surface area contributed by atoms with Crippen molar-refractivity contribution in [3.05, 3.63) is 23.0 Å². The Kier molecular flexibility index (Phi) is 3.66. The molecule has 24 heavy (non-hydrogen) atoms. The molecule has 0 radical (unpaired) electrons. The van der Waals surface area contributed by atoms with Gasteiger partial charge in [0.05, 0.1) is 12.9 Å². The van der Waals surface area contributed by atoms with Crippen LogP contribution in [0.4, 0.5) is 0 Å². The molecular formula is C22H30O2. The van der Waals surface area contributed by atoms with Crippen molar-refractivity contribution in [1.82, 2.24) is 0 Å². The molecule has 4 aliphatic carbocycles. The van der Waals surface area contributed by atoms with E-state index in [1.165, 1.54) is 12.8 Å². The highest BCUT2D eigenvalue weighted by atomic mass is 16.5. The minimum atomic E-state index is -0.896. The van der Waals surface area contributed by atoms with Crippen molar-refractivity contribution >= 4 is 0 Å². The van der Waals surface area contributed by atoms with Gasteiger partial charge in [0, 0.05) is 11.8 Å². The smallest absolute Gasteiger partial charge is 0.130 e. The Morgan fingerprint density at radius 2 is 2.12 bits per heavy atom. The maximum atomic E-state index is 11.1. The van der Waals surface area contributed by atoms with E-state index in [0.29, 0.717) is 23.7 Å². The average molecular weight is 326 g/mol. The molecule has 2 saturated carbocycles. The summed E-state index contributed by atoms with van der Waals surface area (Å²) in [6, 6.07) is 0. The minimum Gasteiger partial charge on any atom is -0.501 e.